The van der Waals surface area contributed by atoms with Crippen LogP contribution in [-0.4, -0.2) is 186 Å². The molecular weight excluding hydrogens is 1520 g/mol. The standard InChI is InChI=1S/C85H92N6O24S/c1-50(92)105-49-76-78(108-51(2)93)79(109-52(3)94)80(110-53(4)95)84(112-76)111-70-27-24-60(81(97)86-28-30-104-29-16-21-77(96)113-85(5,6)7)36-75(70)115-116(100,101)114-65-25-22-54(23-26-65)45-91(8,9)46-55-31-56(47-106-73-39-68-66(37-71(73)102-10)82(98)89-43-61-19-14-12-17-58(61)34-63(89)41-87-68)33-57(32-55)48-107-74-40-69-67(38-72(74)103-11)83(99)90-44-62-20-15-13-18-59(62)35-64(90)42-88-69/h12-15,17-20,22-27,31-33,36-42,63-64,76,78-80,84H,16,21,28-30,34-35,43-49H2,1-11H3/p+1/t63-,64-,76+,78-,79-,80+,84?/m0/s1. The Bertz CT molecular complexity index is 4900. The molecule has 0 bridgehead atoms. The second-order valence-corrected chi connectivity index (χ2v) is 31.3. The predicted molar refractivity (Wildman–Crippen MR) is 418 cm³/mol. The Hall–Kier alpha value is -11.9. The average molecular weight is 1610 g/mol. The molecule has 1 fully saturated rings. The van der Waals surface area contributed by atoms with E-state index in [1.807, 2.05) is 90.9 Å². The number of hydrogen-bond donors (Lipinski definition) is 1. The zero-order valence-corrected chi connectivity index (χ0v) is 67.1. The third-order valence-electron chi connectivity index (χ3n) is 19.3. The number of hydrogen-bond acceptors (Lipinski definition) is 26. The Balaban J connectivity index is 0.781. The summed E-state index contributed by atoms with van der Waals surface area (Å²) in [4.78, 5) is 118. The molecule has 0 saturated carbocycles. The Labute approximate surface area is 671 Å². The second-order valence-electron chi connectivity index (χ2n) is 30.2. The second kappa shape index (κ2) is 36.3. The molecule has 7 aromatic carbocycles. The number of rotatable bonds is 31. The van der Waals surface area contributed by atoms with E-state index in [0.717, 1.165) is 84.3 Å². The van der Waals surface area contributed by atoms with Crippen LogP contribution in [0.15, 0.2) is 143 Å². The van der Waals surface area contributed by atoms with E-state index in [2.05, 4.69) is 17.4 Å². The molecule has 0 aliphatic carbocycles. The fourth-order valence-corrected chi connectivity index (χ4v) is 15.1. The van der Waals surface area contributed by atoms with Crippen LogP contribution >= 0.6 is 0 Å². The zero-order valence-electron chi connectivity index (χ0n) is 66.2. The number of nitrogens with zero attached hydrogens (tertiary/aromatic N) is 5. The van der Waals surface area contributed by atoms with Gasteiger partial charge in [0.15, 0.2) is 46.7 Å². The van der Waals surface area contributed by atoms with Gasteiger partial charge in [-0.05, 0) is 146 Å². The number of carbonyl (C=O) groups is 8. The van der Waals surface area contributed by atoms with Crippen molar-refractivity contribution in [3.05, 3.63) is 195 Å². The van der Waals surface area contributed by atoms with Gasteiger partial charge in [-0.15, -0.1) is 8.42 Å². The highest BCUT2D eigenvalue weighted by Crippen LogP contribution is 2.43. The molecule has 612 valence electrons. The molecule has 116 heavy (non-hydrogen) atoms. The summed E-state index contributed by atoms with van der Waals surface area (Å²) in [5.41, 5.74) is 8.43. The van der Waals surface area contributed by atoms with E-state index in [1.165, 1.54) is 32.4 Å². The van der Waals surface area contributed by atoms with Gasteiger partial charge in [0, 0.05) is 102 Å². The molecule has 1 saturated heterocycles. The topological polar surface area (TPSA) is 343 Å². The van der Waals surface area contributed by atoms with Gasteiger partial charge in [0.05, 0.1) is 69.5 Å². The molecule has 7 aromatic rings. The summed E-state index contributed by atoms with van der Waals surface area (Å²) in [5.74, 6) is -4.97. The number of methoxy groups -OCH3 is 2. The van der Waals surface area contributed by atoms with Crippen LogP contribution in [0.3, 0.4) is 0 Å². The van der Waals surface area contributed by atoms with Crippen LogP contribution in [-0.2, 0) is 120 Å². The van der Waals surface area contributed by atoms with Gasteiger partial charge >= 0.3 is 40.2 Å². The van der Waals surface area contributed by atoms with Crippen LogP contribution in [0, 0.1) is 0 Å². The van der Waals surface area contributed by atoms with Gasteiger partial charge in [-0.25, -0.2) is 0 Å². The van der Waals surface area contributed by atoms with Crippen LogP contribution in [0.4, 0.5) is 11.4 Å². The predicted octanol–water partition coefficient (Wildman–Crippen LogP) is 10.2. The van der Waals surface area contributed by atoms with Crippen molar-refractivity contribution in [2.75, 3.05) is 54.7 Å². The maximum absolute atomic E-state index is 14.3. The molecule has 1 unspecified atom stereocenters. The van der Waals surface area contributed by atoms with Crippen LogP contribution < -0.4 is 37.4 Å². The lowest BCUT2D eigenvalue weighted by molar-refractivity contribution is -0.916. The van der Waals surface area contributed by atoms with Crippen molar-refractivity contribution in [3.63, 3.8) is 0 Å². The number of fused-ring (bicyclic) bond motifs is 6. The third-order valence-corrected chi connectivity index (χ3v) is 20.1. The normalized spacial score (nSPS) is 18.6. The molecule has 0 aromatic heterocycles. The van der Waals surface area contributed by atoms with Gasteiger partial charge in [-0.3, -0.25) is 48.3 Å². The van der Waals surface area contributed by atoms with Crippen molar-refractivity contribution in [2.24, 2.45) is 9.98 Å². The minimum atomic E-state index is -5.20. The summed E-state index contributed by atoms with van der Waals surface area (Å²) in [6.45, 7) is 10.8. The van der Waals surface area contributed by atoms with Crippen LogP contribution in [0.1, 0.15) is 137 Å². The van der Waals surface area contributed by atoms with Crippen molar-refractivity contribution < 1.29 is 116 Å². The minimum absolute atomic E-state index is 0.0215. The molecule has 5 aliphatic heterocycles. The van der Waals surface area contributed by atoms with Crippen LogP contribution in [0.2, 0.25) is 0 Å². The number of benzene rings is 7. The van der Waals surface area contributed by atoms with Crippen molar-refractivity contribution >= 4 is 81.8 Å². The van der Waals surface area contributed by atoms with E-state index in [1.54, 1.807) is 57.2 Å². The highest BCUT2D eigenvalue weighted by molar-refractivity contribution is 7.82. The van der Waals surface area contributed by atoms with Crippen molar-refractivity contribution in [1.82, 2.24) is 15.1 Å². The Morgan fingerprint density at radius 3 is 1.63 bits per heavy atom. The largest absolute Gasteiger partial charge is 0.501 e. The maximum Gasteiger partial charge on any atom is 0.501 e. The number of aliphatic imine (C=N–C) groups is 2. The van der Waals surface area contributed by atoms with E-state index >= 15 is 0 Å². The van der Waals surface area contributed by atoms with Crippen molar-refractivity contribution in [3.8, 4) is 40.2 Å². The molecule has 5 heterocycles. The Kier molecular flexibility index (Phi) is 26.1. The lowest BCUT2D eigenvalue weighted by atomic mass is 9.94. The maximum atomic E-state index is 14.3. The van der Waals surface area contributed by atoms with E-state index in [0.29, 0.717) is 95.4 Å². The molecule has 0 spiro atoms. The number of amides is 3. The van der Waals surface area contributed by atoms with Crippen LogP contribution in [0.25, 0.3) is 0 Å². The average Bonchev–Trinajstić information content (AvgIpc) is 1.18. The Morgan fingerprint density at radius 2 is 1.09 bits per heavy atom. The molecule has 30 nitrogen and oxygen atoms in total. The SMILES string of the molecule is COc1cc2c(cc1OCc1cc(COc3cc4c(cc3OC)C(=O)N3Cc5ccccc5C[C@H]3C=N4)cc(C[N+](C)(C)Cc3ccc(OS(=O)(=O)Oc4cc(C(=O)NCCOCCCC(=O)OC(C)(C)C)ccc4OC4O[C@H](COC(C)=O)[C@H](OC(C)=O)[C@H](OC(C)=O)[C@H]4OC(C)=O)cc3)c1)N=C[C@@H]1Cc3ccccc3CN1C2=O. The molecule has 12 rings (SSSR count). The van der Waals surface area contributed by atoms with Gasteiger partial charge < -0.3 is 84.8 Å². The zero-order chi connectivity index (χ0) is 82.8. The quantitative estimate of drug-likeness (QED) is 0.0183. The summed E-state index contributed by atoms with van der Waals surface area (Å²) in [7, 11) is 1.86. The molecule has 3 amide bonds. The number of nitrogens with one attached hydrogen (secondary N) is 1. The molecule has 7 atom stereocenters. The first-order valence-electron chi connectivity index (χ1n) is 37.7. The summed E-state index contributed by atoms with van der Waals surface area (Å²) >= 11 is 0. The van der Waals surface area contributed by atoms with Gasteiger partial charge in [-0.2, -0.15) is 0 Å². The third kappa shape index (κ3) is 21.3. The van der Waals surface area contributed by atoms with Gasteiger partial charge in [-0.1, -0.05) is 48.5 Å². The van der Waals surface area contributed by atoms with Crippen LogP contribution in [0.5, 0.6) is 40.2 Å². The Morgan fingerprint density at radius 1 is 0.569 bits per heavy atom. The summed E-state index contributed by atoms with van der Waals surface area (Å²) in [6, 6.07) is 38.0. The lowest BCUT2D eigenvalue weighted by Gasteiger charge is -2.43. The van der Waals surface area contributed by atoms with Gasteiger partial charge in [0.2, 0.25) is 12.4 Å². The summed E-state index contributed by atoms with van der Waals surface area (Å²) in [5, 5.41) is 2.68. The first-order chi connectivity index (χ1) is 55.3. The van der Waals surface area contributed by atoms with E-state index in [-0.39, 0.29) is 74.6 Å². The molecule has 5 aliphatic rings. The van der Waals surface area contributed by atoms with E-state index in [4.69, 9.17) is 75.2 Å². The van der Waals surface area contributed by atoms with E-state index < -0.39 is 101 Å². The fraction of sp³-hybridized carbons (Fsp3) is 0.388. The minimum Gasteiger partial charge on any atom is -0.493 e. The van der Waals surface area contributed by atoms with Gasteiger partial charge in [0.25, 0.3) is 17.7 Å². The number of ether oxygens (including phenoxy) is 12. The molecule has 1 N–H and O–H groups in total. The van der Waals surface area contributed by atoms with Crippen molar-refractivity contribution in [2.45, 2.75) is 162 Å². The van der Waals surface area contributed by atoms with Crippen molar-refractivity contribution in [1.29, 1.82) is 0 Å². The summed E-state index contributed by atoms with van der Waals surface area (Å²) < 4.78 is 110. The van der Waals surface area contributed by atoms with E-state index in [9.17, 15) is 46.8 Å². The highest BCUT2D eigenvalue weighted by Gasteiger charge is 2.54. The highest BCUT2D eigenvalue weighted by atomic mass is 32.3. The first-order valence-corrected chi connectivity index (χ1v) is 39.1. The van der Waals surface area contributed by atoms with Gasteiger partial charge in [0.1, 0.15) is 50.4 Å². The fourth-order valence-electron chi connectivity index (χ4n) is 14.4. The number of esters is 5. The number of carbonyl (C=O) groups excluding carboxylic acids is 8. The molecule has 31 heteroatoms. The first kappa shape index (κ1) is 83.5. The lowest BCUT2D eigenvalue weighted by Crippen LogP contribution is -2.63. The number of quaternary nitrogens is 1. The summed E-state index contributed by atoms with van der Waals surface area (Å²) in [6.07, 6.45) is -3.03. The smallest absolute Gasteiger partial charge is 0.493 e. The molecule has 0 radical (unpaired) electrons. The monoisotopic (exact) mass is 1610 g/mol. The molecular formula is C85H93N6O24S+.